The Morgan fingerprint density at radius 3 is 2.08 bits per heavy atom. The van der Waals surface area contributed by atoms with Crippen LogP contribution < -0.4 is 10.6 Å². The number of hydrogen-bond donors (Lipinski definition) is 2. The summed E-state index contributed by atoms with van der Waals surface area (Å²) in [6.07, 6.45) is -4.93. The summed E-state index contributed by atoms with van der Waals surface area (Å²) in [7, 11) is 0. The summed E-state index contributed by atoms with van der Waals surface area (Å²) in [4.78, 5) is 23.4. The van der Waals surface area contributed by atoms with Gasteiger partial charge < -0.3 is 5.32 Å². The van der Waals surface area contributed by atoms with Crippen molar-refractivity contribution < 1.29 is 35.9 Å². The van der Waals surface area contributed by atoms with Crippen molar-refractivity contribution in [1.29, 1.82) is 0 Å². The highest BCUT2D eigenvalue weighted by molar-refractivity contribution is 6.31. The van der Waals surface area contributed by atoms with Crippen LogP contribution in [0, 0.1) is 17.5 Å². The molecule has 3 amide bonds. The summed E-state index contributed by atoms with van der Waals surface area (Å²) < 4.78 is 78.8. The standard InChI is InChI=1S/C15H7ClF6N2O2/c16-7-5-10(19)11(4-6(7)15(20,21)22)23-14(26)24-13(25)12-8(17)2-1-3-9(12)18/h1-5H,(H2,23,24,25,26). The largest absolute Gasteiger partial charge is 0.417 e. The maximum absolute atomic E-state index is 13.7. The van der Waals surface area contributed by atoms with E-state index >= 15 is 0 Å². The number of benzene rings is 2. The van der Waals surface area contributed by atoms with E-state index in [4.69, 9.17) is 11.6 Å². The van der Waals surface area contributed by atoms with Gasteiger partial charge in [0.05, 0.1) is 16.3 Å². The van der Waals surface area contributed by atoms with Gasteiger partial charge in [-0.05, 0) is 24.3 Å². The highest BCUT2D eigenvalue weighted by Crippen LogP contribution is 2.37. The van der Waals surface area contributed by atoms with E-state index in [1.165, 1.54) is 5.32 Å². The number of rotatable bonds is 2. The first-order valence-corrected chi connectivity index (χ1v) is 7.01. The number of alkyl halides is 3. The van der Waals surface area contributed by atoms with Crippen LogP contribution in [-0.4, -0.2) is 11.9 Å². The molecule has 0 saturated carbocycles. The molecule has 2 rings (SSSR count). The molecular weight excluding hydrogens is 390 g/mol. The summed E-state index contributed by atoms with van der Waals surface area (Å²) in [5.41, 5.74) is -3.46. The summed E-state index contributed by atoms with van der Waals surface area (Å²) in [5, 5.41) is 2.18. The van der Waals surface area contributed by atoms with Gasteiger partial charge in [-0.15, -0.1) is 0 Å². The number of urea groups is 1. The zero-order valence-electron chi connectivity index (χ0n) is 12.3. The summed E-state index contributed by atoms with van der Waals surface area (Å²) in [6, 6.07) is 1.51. The topological polar surface area (TPSA) is 58.2 Å². The van der Waals surface area contributed by atoms with E-state index in [1.807, 2.05) is 0 Å². The first kappa shape index (κ1) is 19.6. The van der Waals surface area contributed by atoms with Crippen molar-refractivity contribution in [1.82, 2.24) is 5.32 Å². The van der Waals surface area contributed by atoms with Crippen molar-refractivity contribution >= 4 is 29.2 Å². The molecule has 2 N–H and O–H groups in total. The molecule has 0 spiro atoms. The second-order valence-electron chi connectivity index (χ2n) is 4.81. The van der Waals surface area contributed by atoms with Crippen LogP contribution in [0.3, 0.4) is 0 Å². The van der Waals surface area contributed by atoms with Crippen molar-refractivity contribution in [2.45, 2.75) is 6.18 Å². The molecule has 0 saturated heterocycles. The SMILES string of the molecule is O=C(NC(=O)c1c(F)cccc1F)Nc1cc(C(F)(F)F)c(Cl)cc1F. The molecule has 4 nitrogen and oxygen atoms in total. The molecule has 0 aliphatic heterocycles. The molecule has 0 aliphatic carbocycles. The number of nitrogens with one attached hydrogen (secondary N) is 2. The zero-order chi connectivity index (χ0) is 19.6. The van der Waals surface area contributed by atoms with Crippen LogP contribution in [0.2, 0.25) is 5.02 Å². The lowest BCUT2D eigenvalue weighted by molar-refractivity contribution is -0.137. The predicted octanol–water partition coefficient (Wildman–Crippen LogP) is 4.74. The number of amides is 3. The highest BCUT2D eigenvalue weighted by Gasteiger charge is 2.34. The zero-order valence-corrected chi connectivity index (χ0v) is 13.1. The second kappa shape index (κ2) is 7.24. The van der Waals surface area contributed by atoms with E-state index in [9.17, 15) is 35.9 Å². The van der Waals surface area contributed by atoms with E-state index in [0.717, 1.165) is 18.2 Å². The van der Waals surface area contributed by atoms with E-state index < -0.39 is 57.4 Å². The number of hydrogen-bond acceptors (Lipinski definition) is 2. The highest BCUT2D eigenvalue weighted by atomic mass is 35.5. The number of anilines is 1. The van der Waals surface area contributed by atoms with Gasteiger partial charge in [0.25, 0.3) is 5.91 Å². The van der Waals surface area contributed by atoms with Gasteiger partial charge in [0, 0.05) is 0 Å². The Bertz CT molecular complexity index is 865. The van der Waals surface area contributed by atoms with Gasteiger partial charge in [0.2, 0.25) is 0 Å². The van der Waals surface area contributed by atoms with Crippen LogP contribution >= 0.6 is 11.6 Å². The van der Waals surface area contributed by atoms with Crippen molar-refractivity contribution in [2.24, 2.45) is 0 Å². The Morgan fingerprint density at radius 1 is 0.962 bits per heavy atom. The number of halogens is 7. The van der Waals surface area contributed by atoms with Gasteiger partial charge in [-0.25, -0.2) is 18.0 Å². The minimum absolute atomic E-state index is 0.214. The van der Waals surface area contributed by atoms with Gasteiger partial charge in [-0.1, -0.05) is 17.7 Å². The van der Waals surface area contributed by atoms with Crippen LogP contribution in [0.1, 0.15) is 15.9 Å². The Kier molecular flexibility index (Phi) is 5.45. The third kappa shape index (κ3) is 4.26. The molecule has 0 heterocycles. The number of imide groups is 1. The first-order chi connectivity index (χ1) is 12.0. The quantitative estimate of drug-likeness (QED) is 0.720. The van der Waals surface area contributed by atoms with Crippen LogP contribution in [0.5, 0.6) is 0 Å². The Morgan fingerprint density at radius 2 is 1.54 bits per heavy atom. The van der Waals surface area contributed by atoms with Crippen molar-refractivity contribution in [3.8, 4) is 0 Å². The fourth-order valence-corrected chi connectivity index (χ4v) is 2.15. The molecule has 138 valence electrons. The third-order valence-electron chi connectivity index (χ3n) is 3.03. The minimum Gasteiger partial charge on any atom is -0.305 e. The average Bonchev–Trinajstić information content (AvgIpc) is 2.48. The monoisotopic (exact) mass is 396 g/mol. The molecule has 0 bridgehead atoms. The lowest BCUT2D eigenvalue weighted by Crippen LogP contribution is -2.35. The Labute approximate surface area is 146 Å². The van der Waals surface area contributed by atoms with Crippen LogP contribution in [0.4, 0.5) is 36.8 Å². The molecule has 0 aromatic heterocycles. The number of carbonyl (C=O) groups excluding carboxylic acids is 2. The molecule has 0 atom stereocenters. The molecular formula is C15H7ClF6N2O2. The molecule has 11 heteroatoms. The maximum atomic E-state index is 13.7. The fraction of sp³-hybridized carbons (Fsp3) is 0.0667. The normalized spacial score (nSPS) is 11.2. The van der Waals surface area contributed by atoms with Gasteiger partial charge in [-0.3, -0.25) is 10.1 Å². The molecule has 0 fully saturated rings. The first-order valence-electron chi connectivity index (χ1n) is 6.63. The molecule has 0 aliphatic rings. The smallest absolute Gasteiger partial charge is 0.305 e. The average molecular weight is 397 g/mol. The fourth-order valence-electron chi connectivity index (χ4n) is 1.90. The van der Waals surface area contributed by atoms with Gasteiger partial charge in [0.1, 0.15) is 23.0 Å². The molecule has 2 aromatic carbocycles. The summed E-state index contributed by atoms with van der Waals surface area (Å²) in [5.74, 6) is -5.37. The lowest BCUT2D eigenvalue weighted by Gasteiger charge is -2.13. The predicted molar refractivity (Wildman–Crippen MR) is 79.3 cm³/mol. The number of carbonyl (C=O) groups is 2. The summed E-state index contributed by atoms with van der Waals surface area (Å²) in [6.45, 7) is 0. The van der Waals surface area contributed by atoms with Gasteiger partial charge in [0.15, 0.2) is 0 Å². The van der Waals surface area contributed by atoms with Crippen LogP contribution in [0.25, 0.3) is 0 Å². The van der Waals surface area contributed by atoms with E-state index in [2.05, 4.69) is 0 Å². The van der Waals surface area contributed by atoms with Gasteiger partial charge >= 0.3 is 12.2 Å². The van der Waals surface area contributed by atoms with Crippen molar-refractivity contribution in [2.75, 3.05) is 5.32 Å². The van der Waals surface area contributed by atoms with Crippen LogP contribution in [0.15, 0.2) is 30.3 Å². The Hall–Kier alpha value is -2.75. The summed E-state index contributed by atoms with van der Waals surface area (Å²) >= 11 is 5.30. The van der Waals surface area contributed by atoms with Gasteiger partial charge in [-0.2, -0.15) is 13.2 Å². The minimum atomic E-state index is -4.93. The lowest BCUT2D eigenvalue weighted by atomic mass is 10.1. The molecule has 0 radical (unpaired) electrons. The molecule has 0 unspecified atom stereocenters. The van der Waals surface area contributed by atoms with E-state index in [-0.39, 0.29) is 6.07 Å². The molecule has 2 aromatic rings. The Balaban J connectivity index is 2.22. The maximum Gasteiger partial charge on any atom is 0.417 e. The van der Waals surface area contributed by atoms with E-state index in [1.54, 1.807) is 5.32 Å². The van der Waals surface area contributed by atoms with E-state index in [0.29, 0.717) is 6.07 Å². The van der Waals surface area contributed by atoms with Crippen molar-refractivity contribution in [3.63, 3.8) is 0 Å². The molecule has 26 heavy (non-hydrogen) atoms. The van der Waals surface area contributed by atoms with Crippen molar-refractivity contribution in [3.05, 3.63) is 63.9 Å². The second-order valence-corrected chi connectivity index (χ2v) is 5.22. The van der Waals surface area contributed by atoms with Crippen LogP contribution in [-0.2, 0) is 6.18 Å². The third-order valence-corrected chi connectivity index (χ3v) is 3.34.